The van der Waals surface area contributed by atoms with Crippen molar-refractivity contribution in [1.29, 1.82) is 0 Å². The van der Waals surface area contributed by atoms with Gasteiger partial charge in [-0.15, -0.1) is 0 Å². The molecule has 0 aliphatic heterocycles. The van der Waals surface area contributed by atoms with Gasteiger partial charge in [-0.3, -0.25) is 0 Å². The van der Waals surface area contributed by atoms with Gasteiger partial charge < -0.3 is 4.74 Å². The second-order valence-corrected chi connectivity index (χ2v) is 9.62. The van der Waals surface area contributed by atoms with E-state index in [2.05, 4.69) is 53.7 Å². The molecule has 162 valence electrons. The molecule has 1 aromatic rings. The Morgan fingerprint density at radius 3 is 1.82 bits per heavy atom. The van der Waals surface area contributed by atoms with Gasteiger partial charge >= 0.3 is 0 Å². The molecule has 0 saturated carbocycles. The Balaban J connectivity index is 2.68. The van der Waals surface area contributed by atoms with Crippen molar-refractivity contribution in [2.45, 2.75) is 130 Å². The van der Waals surface area contributed by atoms with Crippen LogP contribution in [-0.2, 0) is 11.8 Å². The van der Waals surface area contributed by atoms with Crippen LogP contribution in [0.1, 0.15) is 128 Å². The zero-order chi connectivity index (χ0) is 20.8. The van der Waals surface area contributed by atoms with Crippen molar-refractivity contribution in [3.8, 4) is 5.75 Å². The molecule has 0 heterocycles. The SMILES string of the molecule is CCCCCCCCOc1ccc(C)c(CCCCCCCC)c1C(C)(C)C. The lowest BCUT2D eigenvalue weighted by atomic mass is 9.80. The van der Waals surface area contributed by atoms with Gasteiger partial charge in [0.05, 0.1) is 6.61 Å². The molecule has 1 nitrogen and oxygen atoms in total. The second kappa shape index (κ2) is 14.1. The number of hydrogen-bond donors (Lipinski definition) is 0. The number of hydrogen-bond acceptors (Lipinski definition) is 1. The molecular weight excluding hydrogens is 340 g/mol. The third kappa shape index (κ3) is 9.48. The molecule has 28 heavy (non-hydrogen) atoms. The fourth-order valence-corrected chi connectivity index (χ4v) is 4.14. The minimum atomic E-state index is 0.125. The highest BCUT2D eigenvalue weighted by Gasteiger charge is 2.24. The molecule has 0 atom stereocenters. The molecule has 0 spiro atoms. The summed E-state index contributed by atoms with van der Waals surface area (Å²) in [4.78, 5) is 0. The van der Waals surface area contributed by atoms with Crippen LogP contribution in [-0.4, -0.2) is 6.61 Å². The molecule has 0 aliphatic carbocycles. The largest absolute Gasteiger partial charge is 0.493 e. The highest BCUT2D eigenvalue weighted by molar-refractivity contribution is 5.48. The van der Waals surface area contributed by atoms with Gasteiger partial charge in [0.2, 0.25) is 0 Å². The van der Waals surface area contributed by atoms with Gasteiger partial charge in [-0.25, -0.2) is 0 Å². The van der Waals surface area contributed by atoms with Crippen molar-refractivity contribution in [3.05, 3.63) is 28.8 Å². The third-order valence-corrected chi connectivity index (χ3v) is 5.79. The average Bonchev–Trinajstić information content (AvgIpc) is 2.64. The third-order valence-electron chi connectivity index (χ3n) is 5.79. The van der Waals surface area contributed by atoms with Gasteiger partial charge in [-0.05, 0) is 48.8 Å². The van der Waals surface area contributed by atoms with Gasteiger partial charge in [0, 0.05) is 5.56 Å². The zero-order valence-electron chi connectivity index (χ0n) is 20.0. The summed E-state index contributed by atoms with van der Waals surface area (Å²) in [5.74, 6) is 1.13. The quantitative estimate of drug-likeness (QED) is 0.272. The van der Waals surface area contributed by atoms with Gasteiger partial charge in [0.25, 0.3) is 0 Å². The smallest absolute Gasteiger partial charge is 0.123 e. The normalized spacial score (nSPS) is 11.8. The van der Waals surface area contributed by atoms with Crippen molar-refractivity contribution >= 4 is 0 Å². The molecule has 0 N–H and O–H groups in total. The van der Waals surface area contributed by atoms with Crippen molar-refractivity contribution in [2.24, 2.45) is 0 Å². The summed E-state index contributed by atoms with van der Waals surface area (Å²) in [6.07, 6.45) is 17.2. The molecular formula is C27H48O. The van der Waals surface area contributed by atoms with Crippen molar-refractivity contribution < 1.29 is 4.74 Å². The highest BCUT2D eigenvalue weighted by Crippen LogP contribution is 2.37. The Kier molecular flexibility index (Phi) is 12.6. The van der Waals surface area contributed by atoms with Gasteiger partial charge in [0.1, 0.15) is 5.75 Å². The number of benzene rings is 1. The highest BCUT2D eigenvalue weighted by atomic mass is 16.5. The Morgan fingerprint density at radius 1 is 0.714 bits per heavy atom. The van der Waals surface area contributed by atoms with E-state index in [4.69, 9.17) is 4.74 Å². The number of unbranched alkanes of at least 4 members (excludes halogenated alkanes) is 10. The zero-order valence-corrected chi connectivity index (χ0v) is 20.0. The van der Waals surface area contributed by atoms with Gasteiger partial charge in [0.15, 0.2) is 0 Å². The summed E-state index contributed by atoms with van der Waals surface area (Å²) < 4.78 is 6.33. The first-order valence-electron chi connectivity index (χ1n) is 12.2. The molecule has 0 aliphatic rings. The Morgan fingerprint density at radius 2 is 1.25 bits per heavy atom. The van der Waals surface area contributed by atoms with Crippen molar-refractivity contribution in [3.63, 3.8) is 0 Å². The lowest BCUT2D eigenvalue weighted by molar-refractivity contribution is 0.296. The predicted octanol–water partition coefficient (Wildman–Crippen LogP) is 8.93. The first-order chi connectivity index (χ1) is 13.4. The molecule has 0 radical (unpaired) electrons. The number of rotatable bonds is 15. The summed E-state index contributed by atoms with van der Waals surface area (Å²) in [6.45, 7) is 14.7. The summed E-state index contributed by atoms with van der Waals surface area (Å²) in [5.41, 5.74) is 4.56. The van der Waals surface area contributed by atoms with Crippen LogP contribution >= 0.6 is 0 Å². The van der Waals surface area contributed by atoms with Crippen LogP contribution in [0.25, 0.3) is 0 Å². The number of aryl methyl sites for hydroxylation is 1. The molecule has 1 heteroatoms. The van der Waals surface area contributed by atoms with Crippen LogP contribution in [0.5, 0.6) is 5.75 Å². The summed E-state index contributed by atoms with van der Waals surface area (Å²) in [6, 6.07) is 4.50. The van der Waals surface area contributed by atoms with E-state index >= 15 is 0 Å². The predicted molar refractivity (Wildman–Crippen MR) is 126 cm³/mol. The lowest BCUT2D eigenvalue weighted by Gasteiger charge is -2.28. The fraction of sp³-hybridized carbons (Fsp3) is 0.778. The van der Waals surface area contributed by atoms with E-state index in [1.807, 2.05) is 0 Å². The fourth-order valence-electron chi connectivity index (χ4n) is 4.14. The first kappa shape index (κ1) is 25.1. The van der Waals surface area contributed by atoms with Gasteiger partial charge in [-0.1, -0.05) is 105 Å². The van der Waals surface area contributed by atoms with E-state index in [1.165, 1.54) is 94.6 Å². The topological polar surface area (TPSA) is 9.23 Å². The van der Waals surface area contributed by atoms with Crippen LogP contribution in [0.2, 0.25) is 0 Å². The van der Waals surface area contributed by atoms with E-state index in [9.17, 15) is 0 Å². The monoisotopic (exact) mass is 388 g/mol. The molecule has 0 unspecified atom stereocenters. The summed E-state index contributed by atoms with van der Waals surface area (Å²) in [5, 5.41) is 0. The van der Waals surface area contributed by atoms with E-state index in [0.717, 1.165) is 12.4 Å². The molecule has 0 fully saturated rings. The minimum absolute atomic E-state index is 0.125. The Hall–Kier alpha value is -0.980. The Bertz CT molecular complexity index is 524. The van der Waals surface area contributed by atoms with Gasteiger partial charge in [-0.2, -0.15) is 0 Å². The molecule has 0 aromatic heterocycles. The molecule has 0 bridgehead atoms. The lowest BCUT2D eigenvalue weighted by Crippen LogP contribution is -2.18. The van der Waals surface area contributed by atoms with Crippen molar-refractivity contribution in [2.75, 3.05) is 6.61 Å². The molecule has 1 aromatic carbocycles. The number of ether oxygens (including phenoxy) is 1. The van der Waals surface area contributed by atoms with E-state index in [-0.39, 0.29) is 5.41 Å². The van der Waals surface area contributed by atoms with Crippen LogP contribution in [0, 0.1) is 6.92 Å². The maximum absolute atomic E-state index is 6.33. The van der Waals surface area contributed by atoms with E-state index < -0.39 is 0 Å². The summed E-state index contributed by atoms with van der Waals surface area (Å²) >= 11 is 0. The first-order valence-corrected chi connectivity index (χ1v) is 12.2. The van der Waals surface area contributed by atoms with Crippen LogP contribution < -0.4 is 4.74 Å². The maximum atomic E-state index is 6.33. The van der Waals surface area contributed by atoms with E-state index in [0.29, 0.717) is 0 Å². The average molecular weight is 389 g/mol. The minimum Gasteiger partial charge on any atom is -0.493 e. The standard InChI is InChI=1S/C27H48O/c1-7-9-11-13-15-17-19-24-23(3)20-21-25(26(24)27(4,5)6)28-22-18-16-14-12-10-8-2/h20-21H,7-19,22H2,1-6H3. The van der Waals surface area contributed by atoms with Crippen LogP contribution in [0.3, 0.4) is 0 Å². The molecule has 0 amide bonds. The summed E-state index contributed by atoms with van der Waals surface area (Å²) in [7, 11) is 0. The second-order valence-electron chi connectivity index (χ2n) is 9.62. The molecule has 1 rings (SSSR count). The van der Waals surface area contributed by atoms with Crippen molar-refractivity contribution in [1.82, 2.24) is 0 Å². The molecule has 0 saturated heterocycles. The van der Waals surface area contributed by atoms with Crippen LogP contribution in [0.15, 0.2) is 12.1 Å². The van der Waals surface area contributed by atoms with Crippen LogP contribution in [0.4, 0.5) is 0 Å². The maximum Gasteiger partial charge on any atom is 0.123 e. The van der Waals surface area contributed by atoms with E-state index in [1.54, 1.807) is 5.56 Å². The Labute approximate surface area is 176 Å².